The van der Waals surface area contributed by atoms with E-state index in [0.717, 1.165) is 22.5 Å². The molecule has 1 atom stereocenters. The molecule has 4 aromatic rings. The Bertz CT molecular complexity index is 1630. The number of hydrogen-bond acceptors (Lipinski definition) is 8. The number of carbonyl (C=O) groups is 3. The third-order valence-electron chi connectivity index (χ3n) is 6.67. The number of Topliss-reactive ketones (excluding diaryl/α,β-unsaturated/α-hetero) is 1. The lowest BCUT2D eigenvalue weighted by Crippen LogP contribution is -2.29. The molecule has 1 saturated heterocycles. The van der Waals surface area contributed by atoms with Crippen LogP contribution >= 0.6 is 11.3 Å². The molecule has 1 aromatic heterocycles. The van der Waals surface area contributed by atoms with Gasteiger partial charge in [0.15, 0.2) is 5.13 Å². The maximum absolute atomic E-state index is 13.5. The van der Waals surface area contributed by atoms with Gasteiger partial charge < -0.3 is 14.6 Å². The molecule has 1 N–H and O–H groups in total. The van der Waals surface area contributed by atoms with Crippen molar-refractivity contribution in [3.63, 3.8) is 0 Å². The monoisotopic (exact) mass is 568 g/mol. The lowest BCUT2D eigenvalue weighted by atomic mass is 9.95. The predicted molar refractivity (Wildman–Crippen MR) is 156 cm³/mol. The van der Waals surface area contributed by atoms with E-state index < -0.39 is 23.7 Å². The van der Waals surface area contributed by atoms with Crippen molar-refractivity contribution in [2.24, 2.45) is 0 Å². The topological polar surface area (TPSA) is 106 Å². The van der Waals surface area contributed by atoms with Gasteiger partial charge in [-0.2, -0.15) is 0 Å². The summed E-state index contributed by atoms with van der Waals surface area (Å²) >= 11 is 0.968. The van der Waals surface area contributed by atoms with Crippen LogP contribution in [0.15, 0.2) is 84.4 Å². The Hall–Kier alpha value is -4.76. The quantitative estimate of drug-likeness (QED) is 0.118. The molecule has 1 fully saturated rings. The van der Waals surface area contributed by atoms with Crippen molar-refractivity contribution in [1.29, 1.82) is 0 Å². The Balaban J connectivity index is 1.57. The summed E-state index contributed by atoms with van der Waals surface area (Å²) < 4.78 is 11.1. The van der Waals surface area contributed by atoms with E-state index in [1.54, 1.807) is 50.2 Å². The molecule has 41 heavy (non-hydrogen) atoms. The maximum atomic E-state index is 13.5. The van der Waals surface area contributed by atoms with Crippen molar-refractivity contribution < 1.29 is 29.0 Å². The third kappa shape index (κ3) is 5.62. The van der Waals surface area contributed by atoms with Gasteiger partial charge >= 0.3 is 11.9 Å². The maximum Gasteiger partial charge on any atom is 0.350 e. The van der Waals surface area contributed by atoms with Gasteiger partial charge in [-0.1, -0.05) is 83.6 Å². The molecule has 0 spiro atoms. The number of aliphatic hydroxyl groups is 1. The van der Waals surface area contributed by atoms with Crippen molar-refractivity contribution in [3.8, 4) is 5.75 Å². The molecule has 1 aliphatic rings. The molecule has 5 rings (SSSR count). The number of aryl methyl sites for hydroxylation is 2. The number of esters is 1. The van der Waals surface area contributed by atoms with E-state index in [2.05, 4.69) is 4.98 Å². The summed E-state index contributed by atoms with van der Waals surface area (Å²) in [6.07, 6.45) is 0. The first kappa shape index (κ1) is 27.8. The summed E-state index contributed by atoms with van der Waals surface area (Å²) in [5, 5.41) is 11.5. The molecule has 0 radical (unpaired) electrons. The van der Waals surface area contributed by atoms with Gasteiger partial charge in [0.05, 0.1) is 23.9 Å². The predicted octanol–water partition coefficient (Wildman–Crippen LogP) is 6.14. The minimum Gasteiger partial charge on any atom is -0.507 e. The summed E-state index contributed by atoms with van der Waals surface area (Å²) in [7, 11) is 0. The highest BCUT2D eigenvalue weighted by molar-refractivity contribution is 7.17. The van der Waals surface area contributed by atoms with Crippen LogP contribution in [0.1, 0.15) is 50.6 Å². The lowest BCUT2D eigenvalue weighted by molar-refractivity contribution is -0.132. The summed E-state index contributed by atoms with van der Waals surface area (Å²) in [5.41, 5.74) is 3.28. The molecule has 0 bridgehead atoms. The third-order valence-corrected chi connectivity index (χ3v) is 7.80. The minimum absolute atomic E-state index is 0.0673. The second-order valence-corrected chi connectivity index (χ2v) is 10.5. The molecule has 1 unspecified atom stereocenters. The number of ketones is 1. The van der Waals surface area contributed by atoms with Gasteiger partial charge in [-0.15, -0.1) is 0 Å². The number of ether oxygens (including phenoxy) is 2. The van der Waals surface area contributed by atoms with E-state index in [-0.39, 0.29) is 27.9 Å². The average Bonchev–Trinajstić information content (AvgIpc) is 3.49. The van der Waals surface area contributed by atoms with Crippen LogP contribution in [0.5, 0.6) is 5.75 Å². The molecule has 1 amide bonds. The fourth-order valence-corrected chi connectivity index (χ4v) is 5.56. The van der Waals surface area contributed by atoms with Gasteiger partial charge in [-0.3, -0.25) is 14.5 Å². The number of nitrogens with zero attached hydrogens (tertiary/aromatic N) is 2. The van der Waals surface area contributed by atoms with E-state index in [0.29, 0.717) is 29.2 Å². The Morgan fingerprint density at radius 1 is 0.976 bits per heavy atom. The molecule has 1 aliphatic heterocycles. The van der Waals surface area contributed by atoms with Crippen LogP contribution in [0.25, 0.3) is 5.76 Å². The number of rotatable bonds is 8. The molecule has 9 heteroatoms. The number of carbonyl (C=O) groups excluding carboxylic acids is 3. The van der Waals surface area contributed by atoms with E-state index >= 15 is 0 Å². The smallest absolute Gasteiger partial charge is 0.350 e. The summed E-state index contributed by atoms with van der Waals surface area (Å²) in [4.78, 5) is 45.4. The van der Waals surface area contributed by atoms with Gasteiger partial charge in [-0.05, 0) is 44.0 Å². The van der Waals surface area contributed by atoms with Crippen molar-refractivity contribution in [2.45, 2.75) is 33.4 Å². The number of thiazole rings is 1. The van der Waals surface area contributed by atoms with Crippen molar-refractivity contribution >= 4 is 39.9 Å². The first-order valence-electron chi connectivity index (χ1n) is 13.1. The molecule has 0 aliphatic carbocycles. The highest BCUT2D eigenvalue weighted by Crippen LogP contribution is 2.44. The summed E-state index contributed by atoms with van der Waals surface area (Å²) in [6.45, 7) is 5.82. The van der Waals surface area contributed by atoms with Gasteiger partial charge in [0, 0.05) is 5.56 Å². The largest absolute Gasteiger partial charge is 0.507 e. The van der Waals surface area contributed by atoms with Crippen LogP contribution in [-0.2, 0) is 20.9 Å². The van der Waals surface area contributed by atoms with E-state index in [1.165, 1.54) is 4.90 Å². The van der Waals surface area contributed by atoms with Gasteiger partial charge in [0.2, 0.25) is 0 Å². The highest BCUT2D eigenvalue weighted by atomic mass is 32.1. The van der Waals surface area contributed by atoms with Crippen molar-refractivity contribution in [1.82, 2.24) is 4.98 Å². The molecule has 2 heterocycles. The number of aromatic nitrogens is 1. The van der Waals surface area contributed by atoms with Crippen LogP contribution in [0.2, 0.25) is 0 Å². The lowest BCUT2D eigenvalue weighted by Gasteiger charge is -2.23. The fourth-order valence-electron chi connectivity index (χ4n) is 4.57. The van der Waals surface area contributed by atoms with E-state index in [9.17, 15) is 19.5 Å². The molecular formula is C32H28N2O6S. The normalized spacial score (nSPS) is 16.2. The Kier molecular flexibility index (Phi) is 7.98. The van der Waals surface area contributed by atoms with Crippen LogP contribution in [0.4, 0.5) is 5.13 Å². The van der Waals surface area contributed by atoms with Crippen LogP contribution in [-0.4, -0.2) is 34.4 Å². The number of amides is 1. The zero-order valence-corrected chi connectivity index (χ0v) is 23.6. The zero-order chi connectivity index (χ0) is 29.1. The zero-order valence-electron chi connectivity index (χ0n) is 22.8. The molecule has 208 valence electrons. The minimum atomic E-state index is -0.986. The first-order chi connectivity index (χ1) is 19.8. The SMILES string of the molecule is CCOC(=O)c1sc(N2C(=O)C(=O)/C(=C(/O)c3ccc(C)cc3)C2c2ccc(OCc3ccccc3)cc2)nc1C. The second kappa shape index (κ2) is 11.8. The Morgan fingerprint density at radius 3 is 2.32 bits per heavy atom. The van der Waals surface area contributed by atoms with Crippen LogP contribution in [0.3, 0.4) is 0 Å². The number of aliphatic hydroxyl groups excluding tert-OH is 1. The van der Waals surface area contributed by atoms with Crippen molar-refractivity contribution in [3.05, 3.63) is 117 Å². The molecule has 0 saturated carbocycles. The second-order valence-electron chi connectivity index (χ2n) is 9.51. The van der Waals surface area contributed by atoms with Gasteiger partial charge in [0.25, 0.3) is 5.78 Å². The number of anilines is 1. The van der Waals surface area contributed by atoms with Crippen molar-refractivity contribution in [2.75, 3.05) is 11.5 Å². The summed E-state index contributed by atoms with van der Waals surface area (Å²) in [6, 6.07) is 22.8. The van der Waals surface area contributed by atoms with E-state index in [4.69, 9.17) is 9.47 Å². The standard InChI is InChI=1S/C32H28N2O6S/c1-4-39-31(38)29-20(3)33-32(41-29)34-26(22-14-16-24(17-15-22)40-18-21-8-6-5-7-9-21)25(28(36)30(34)37)27(35)23-12-10-19(2)11-13-23/h5-17,26,35H,4,18H2,1-3H3/b27-25+. The number of benzene rings is 3. The molecule has 3 aromatic carbocycles. The first-order valence-corrected chi connectivity index (χ1v) is 13.9. The Morgan fingerprint density at radius 2 is 1.66 bits per heavy atom. The molecule has 8 nitrogen and oxygen atoms in total. The van der Waals surface area contributed by atoms with Crippen LogP contribution < -0.4 is 9.64 Å². The highest BCUT2D eigenvalue weighted by Gasteiger charge is 2.48. The Labute approximate surface area is 241 Å². The fraction of sp³-hybridized carbons (Fsp3) is 0.188. The molecular weight excluding hydrogens is 540 g/mol. The summed E-state index contributed by atoms with van der Waals surface area (Å²) in [5.74, 6) is -1.94. The average molecular weight is 569 g/mol. The van der Waals surface area contributed by atoms with E-state index in [1.807, 2.05) is 49.4 Å². The van der Waals surface area contributed by atoms with Crippen LogP contribution in [0, 0.1) is 13.8 Å². The number of hydrogen-bond donors (Lipinski definition) is 1. The van der Waals surface area contributed by atoms with Gasteiger partial charge in [-0.25, -0.2) is 9.78 Å². The van der Waals surface area contributed by atoms with Gasteiger partial charge in [0.1, 0.15) is 23.0 Å².